The molecular weight excluding hydrogens is 124 g/mol. The number of carbonyl (C=O) groups is 1. The molecule has 0 N–H and O–H groups in total. The molecule has 0 bridgehead atoms. The first kappa shape index (κ1) is 7.00. The minimum atomic E-state index is 0.105. The van der Waals surface area contributed by atoms with Gasteiger partial charge in [0.1, 0.15) is 0 Å². The van der Waals surface area contributed by atoms with Crippen LogP contribution in [-0.2, 0) is 4.79 Å². The van der Waals surface area contributed by atoms with Crippen molar-refractivity contribution < 1.29 is 4.79 Å². The Morgan fingerprint density at radius 1 is 1.40 bits per heavy atom. The van der Waals surface area contributed by atoms with E-state index in [-0.39, 0.29) is 5.78 Å². The van der Waals surface area contributed by atoms with Gasteiger partial charge in [-0.15, -0.1) is 0 Å². The Labute approximate surface area is 60.7 Å². The third-order valence-electron chi connectivity index (χ3n) is 1.33. The number of hydrogen-bond donors (Lipinski definition) is 0. The summed E-state index contributed by atoms with van der Waals surface area (Å²) >= 11 is 0. The molecule has 1 aliphatic carbocycles. The Kier molecular flexibility index (Phi) is 2.21. The van der Waals surface area contributed by atoms with E-state index < -0.39 is 0 Å². The number of allylic oxidation sites excluding steroid dienone is 6. The molecule has 0 atom stereocenters. The summed E-state index contributed by atoms with van der Waals surface area (Å²) in [5.41, 5.74) is 0. The third-order valence-corrected chi connectivity index (χ3v) is 1.33. The van der Waals surface area contributed by atoms with Gasteiger partial charge in [-0.3, -0.25) is 4.79 Å². The lowest BCUT2D eigenvalue weighted by atomic mass is 10.1. The van der Waals surface area contributed by atoms with E-state index in [9.17, 15) is 4.79 Å². The monoisotopic (exact) mass is 134 g/mol. The number of carbonyl (C=O) groups excluding carboxylic acids is 1. The van der Waals surface area contributed by atoms with E-state index in [4.69, 9.17) is 0 Å². The van der Waals surface area contributed by atoms with Crippen molar-refractivity contribution in [3.63, 3.8) is 0 Å². The van der Waals surface area contributed by atoms with Crippen LogP contribution >= 0.6 is 0 Å². The molecule has 0 aromatic heterocycles. The van der Waals surface area contributed by atoms with Crippen LogP contribution in [-0.4, -0.2) is 5.78 Å². The van der Waals surface area contributed by atoms with Crippen LogP contribution in [0.3, 0.4) is 0 Å². The Bertz CT molecular complexity index is 197. The van der Waals surface area contributed by atoms with Crippen molar-refractivity contribution in [1.82, 2.24) is 0 Å². The summed E-state index contributed by atoms with van der Waals surface area (Å²) in [7, 11) is 0. The fourth-order valence-corrected chi connectivity index (χ4v) is 0.824. The fraction of sp³-hybridized carbons (Fsp3) is 0.222. The van der Waals surface area contributed by atoms with Crippen molar-refractivity contribution in [2.45, 2.75) is 6.92 Å². The molecule has 0 unspecified atom stereocenters. The molecule has 0 fully saturated rings. The highest BCUT2D eigenvalue weighted by atomic mass is 16.1. The fourth-order valence-electron chi connectivity index (χ4n) is 0.824. The summed E-state index contributed by atoms with van der Waals surface area (Å²) in [6, 6.07) is 0. The second kappa shape index (κ2) is 3.16. The van der Waals surface area contributed by atoms with E-state index in [1.165, 1.54) is 0 Å². The maximum Gasteiger partial charge on any atom is 0.152 e. The largest absolute Gasteiger partial charge is 0.295 e. The molecule has 0 aromatic carbocycles. The second-order valence-corrected chi connectivity index (χ2v) is 2.32. The molecule has 0 saturated carbocycles. The first-order valence-electron chi connectivity index (χ1n) is 3.33. The van der Waals surface area contributed by atoms with Gasteiger partial charge in [-0.2, -0.15) is 0 Å². The average Bonchev–Trinajstić information content (AvgIpc) is 2.34. The lowest BCUT2D eigenvalue weighted by molar-refractivity contribution is -0.112. The molecule has 0 radical (unpaired) electrons. The van der Waals surface area contributed by atoms with Crippen LogP contribution in [0.2, 0.25) is 0 Å². The van der Waals surface area contributed by atoms with Gasteiger partial charge in [0.25, 0.3) is 0 Å². The third kappa shape index (κ3) is 2.02. The highest BCUT2D eigenvalue weighted by molar-refractivity contribution is 5.87. The van der Waals surface area contributed by atoms with Crippen molar-refractivity contribution in [2.75, 3.05) is 0 Å². The first-order chi connectivity index (χ1) is 4.79. The van der Waals surface area contributed by atoms with Crippen LogP contribution < -0.4 is 0 Å². The topological polar surface area (TPSA) is 17.1 Å². The summed E-state index contributed by atoms with van der Waals surface area (Å²) in [6.45, 7) is 1.55. The zero-order valence-corrected chi connectivity index (χ0v) is 5.95. The predicted octanol–water partition coefficient (Wildman–Crippen LogP) is 1.87. The smallest absolute Gasteiger partial charge is 0.152 e. The van der Waals surface area contributed by atoms with Crippen LogP contribution in [0.15, 0.2) is 36.5 Å². The number of rotatable bonds is 2. The van der Waals surface area contributed by atoms with Gasteiger partial charge in [-0.25, -0.2) is 0 Å². The van der Waals surface area contributed by atoms with Crippen LogP contribution in [0.4, 0.5) is 0 Å². The SMILES string of the molecule is CC(=O)C=CC1C=CC=C1. The molecule has 0 heterocycles. The van der Waals surface area contributed by atoms with Crippen molar-refractivity contribution >= 4 is 5.78 Å². The second-order valence-electron chi connectivity index (χ2n) is 2.32. The molecule has 1 nitrogen and oxygen atoms in total. The van der Waals surface area contributed by atoms with Gasteiger partial charge in [0.15, 0.2) is 5.78 Å². The molecule has 0 spiro atoms. The molecule has 52 valence electrons. The van der Waals surface area contributed by atoms with E-state index in [1.807, 2.05) is 30.4 Å². The van der Waals surface area contributed by atoms with Crippen molar-refractivity contribution in [3.8, 4) is 0 Å². The number of ketones is 1. The Morgan fingerprint density at radius 3 is 2.50 bits per heavy atom. The standard InChI is InChI=1S/C9H10O/c1-8(10)6-7-9-4-2-3-5-9/h2-7,9H,1H3. The minimum Gasteiger partial charge on any atom is -0.295 e. The molecule has 0 amide bonds. The van der Waals surface area contributed by atoms with Crippen molar-refractivity contribution in [3.05, 3.63) is 36.5 Å². The molecule has 0 aliphatic heterocycles. The van der Waals surface area contributed by atoms with Gasteiger partial charge in [-0.05, 0) is 13.0 Å². The molecule has 10 heavy (non-hydrogen) atoms. The lowest BCUT2D eigenvalue weighted by Gasteiger charge is -1.91. The average molecular weight is 134 g/mol. The Hall–Kier alpha value is -1.11. The van der Waals surface area contributed by atoms with Gasteiger partial charge in [-0.1, -0.05) is 30.4 Å². The molecule has 0 saturated heterocycles. The molecular formula is C9H10O. The lowest BCUT2D eigenvalue weighted by Crippen LogP contribution is -1.85. The molecule has 0 aromatic rings. The normalized spacial score (nSPS) is 17.3. The highest BCUT2D eigenvalue weighted by Crippen LogP contribution is 2.09. The summed E-state index contributed by atoms with van der Waals surface area (Å²) in [5.74, 6) is 0.442. The van der Waals surface area contributed by atoms with Crippen LogP contribution in [0.25, 0.3) is 0 Å². The van der Waals surface area contributed by atoms with E-state index in [0.717, 1.165) is 0 Å². The number of hydrogen-bond acceptors (Lipinski definition) is 1. The van der Waals surface area contributed by atoms with Gasteiger partial charge >= 0.3 is 0 Å². The highest BCUT2D eigenvalue weighted by Gasteiger charge is 1.96. The summed E-state index contributed by atoms with van der Waals surface area (Å²) in [4.78, 5) is 10.5. The first-order valence-corrected chi connectivity index (χ1v) is 3.33. The molecule has 1 rings (SSSR count). The zero-order chi connectivity index (χ0) is 7.40. The van der Waals surface area contributed by atoms with Crippen LogP contribution in [0.5, 0.6) is 0 Å². The van der Waals surface area contributed by atoms with Gasteiger partial charge in [0.05, 0.1) is 0 Å². The maximum atomic E-state index is 10.5. The Morgan fingerprint density at radius 2 is 2.00 bits per heavy atom. The summed E-state index contributed by atoms with van der Waals surface area (Å²) in [5, 5.41) is 0. The van der Waals surface area contributed by atoms with E-state index >= 15 is 0 Å². The van der Waals surface area contributed by atoms with E-state index in [1.54, 1.807) is 13.0 Å². The minimum absolute atomic E-state index is 0.105. The van der Waals surface area contributed by atoms with E-state index in [2.05, 4.69) is 0 Å². The van der Waals surface area contributed by atoms with E-state index in [0.29, 0.717) is 5.92 Å². The quantitative estimate of drug-likeness (QED) is 0.527. The molecule has 1 heteroatoms. The van der Waals surface area contributed by atoms with Crippen molar-refractivity contribution in [2.24, 2.45) is 5.92 Å². The van der Waals surface area contributed by atoms with Gasteiger partial charge in [0.2, 0.25) is 0 Å². The van der Waals surface area contributed by atoms with Crippen molar-refractivity contribution in [1.29, 1.82) is 0 Å². The zero-order valence-electron chi connectivity index (χ0n) is 5.95. The molecule has 1 aliphatic rings. The summed E-state index contributed by atoms with van der Waals surface area (Å²) < 4.78 is 0. The maximum absolute atomic E-state index is 10.5. The van der Waals surface area contributed by atoms with Gasteiger partial charge in [0, 0.05) is 5.92 Å². The van der Waals surface area contributed by atoms with Crippen LogP contribution in [0, 0.1) is 5.92 Å². The van der Waals surface area contributed by atoms with Gasteiger partial charge < -0.3 is 0 Å². The summed E-state index contributed by atoms with van der Waals surface area (Å²) in [6.07, 6.45) is 11.5. The predicted molar refractivity (Wildman–Crippen MR) is 41.6 cm³/mol. The van der Waals surface area contributed by atoms with Crippen LogP contribution in [0.1, 0.15) is 6.92 Å². The Balaban J connectivity index is 2.46.